The molecule has 1 N–H and O–H groups in total. The molecule has 0 saturated heterocycles. The number of benzene rings is 2. The molecule has 0 atom stereocenters. The zero-order chi connectivity index (χ0) is 17.7. The average Bonchev–Trinajstić information content (AvgIpc) is 2.54. The second-order valence-corrected chi connectivity index (χ2v) is 7.31. The molecule has 1 amide bonds. The van der Waals surface area contributed by atoms with Crippen LogP contribution < -0.4 is 10.1 Å². The Bertz CT molecular complexity index is 693. The number of hydrogen-bond acceptors (Lipinski definition) is 2. The van der Waals surface area contributed by atoms with Crippen molar-refractivity contribution < 1.29 is 9.53 Å². The van der Waals surface area contributed by atoms with Crippen LogP contribution in [0.1, 0.15) is 50.7 Å². The van der Waals surface area contributed by atoms with Crippen molar-refractivity contribution in [1.82, 2.24) is 0 Å². The summed E-state index contributed by atoms with van der Waals surface area (Å²) in [6.07, 6.45) is 0. The number of rotatable bonds is 6. The lowest BCUT2D eigenvalue weighted by Crippen LogP contribution is -2.20. The van der Waals surface area contributed by atoms with Gasteiger partial charge in [0.25, 0.3) is 5.91 Å². The predicted octanol–water partition coefficient (Wildman–Crippen LogP) is 5.71. The topological polar surface area (TPSA) is 38.3 Å². The number of carbonyl (C=O) groups is 1. The summed E-state index contributed by atoms with van der Waals surface area (Å²) in [7, 11) is 0. The third-order valence-electron chi connectivity index (χ3n) is 3.84. The average molecular weight is 390 g/mol. The third kappa shape index (κ3) is 5.10. The Labute approximate surface area is 152 Å². The summed E-state index contributed by atoms with van der Waals surface area (Å²) < 4.78 is 6.47. The van der Waals surface area contributed by atoms with E-state index in [-0.39, 0.29) is 12.5 Å². The second kappa shape index (κ2) is 8.34. The van der Waals surface area contributed by atoms with Crippen molar-refractivity contribution in [3.8, 4) is 5.75 Å². The normalized spacial score (nSPS) is 11.0. The number of hydrogen-bond donors (Lipinski definition) is 1. The molecule has 2 rings (SSSR count). The van der Waals surface area contributed by atoms with E-state index in [1.807, 2.05) is 42.5 Å². The van der Waals surface area contributed by atoms with Gasteiger partial charge in [0.15, 0.2) is 6.61 Å². The molecule has 0 fully saturated rings. The fourth-order valence-electron chi connectivity index (χ4n) is 2.28. The second-order valence-electron chi connectivity index (χ2n) is 6.46. The van der Waals surface area contributed by atoms with Crippen LogP contribution in [0.2, 0.25) is 0 Å². The number of nitrogens with one attached hydrogen (secondary N) is 1. The standard InChI is InChI=1S/C20H24BrNO2/c1-13(2)15-5-8-17(9-6-15)22-20(23)12-24-19-10-7-16(14(3)4)11-18(19)21/h5-11,13-14H,12H2,1-4H3,(H,22,23). The molecule has 0 aromatic heterocycles. The molecule has 3 nitrogen and oxygen atoms in total. The third-order valence-corrected chi connectivity index (χ3v) is 4.46. The van der Waals surface area contributed by atoms with Crippen molar-refractivity contribution in [2.24, 2.45) is 0 Å². The highest BCUT2D eigenvalue weighted by Gasteiger charge is 2.08. The molecule has 0 unspecified atom stereocenters. The quantitative estimate of drug-likeness (QED) is 0.686. The van der Waals surface area contributed by atoms with E-state index in [0.29, 0.717) is 17.6 Å². The summed E-state index contributed by atoms with van der Waals surface area (Å²) in [6, 6.07) is 13.8. The maximum atomic E-state index is 12.0. The van der Waals surface area contributed by atoms with E-state index < -0.39 is 0 Å². The van der Waals surface area contributed by atoms with Crippen molar-refractivity contribution in [2.75, 3.05) is 11.9 Å². The molecule has 0 aliphatic carbocycles. The Morgan fingerprint density at radius 2 is 1.58 bits per heavy atom. The molecule has 24 heavy (non-hydrogen) atoms. The molecule has 128 valence electrons. The van der Waals surface area contributed by atoms with Crippen LogP contribution in [0.3, 0.4) is 0 Å². The van der Waals surface area contributed by atoms with Gasteiger partial charge in [0.1, 0.15) is 5.75 Å². The molecular formula is C20H24BrNO2. The first-order valence-corrected chi connectivity index (χ1v) is 8.98. The van der Waals surface area contributed by atoms with Crippen molar-refractivity contribution in [1.29, 1.82) is 0 Å². The van der Waals surface area contributed by atoms with Gasteiger partial charge in [0.2, 0.25) is 0 Å². The fourth-order valence-corrected chi connectivity index (χ4v) is 2.80. The first-order valence-electron chi connectivity index (χ1n) is 8.19. The molecule has 4 heteroatoms. The van der Waals surface area contributed by atoms with E-state index in [1.54, 1.807) is 0 Å². The van der Waals surface area contributed by atoms with Gasteiger partial charge >= 0.3 is 0 Å². The van der Waals surface area contributed by atoms with E-state index in [1.165, 1.54) is 11.1 Å². The predicted molar refractivity (Wildman–Crippen MR) is 103 cm³/mol. The van der Waals surface area contributed by atoms with Crippen LogP contribution in [0.5, 0.6) is 5.75 Å². The summed E-state index contributed by atoms with van der Waals surface area (Å²) in [5.74, 6) is 1.42. The van der Waals surface area contributed by atoms with Gasteiger partial charge in [-0.1, -0.05) is 45.9 Å². The molecular weight excluding hydrogens is 366 g/mol. The number of ether oxygens (including phenoxy) is 1. The molecule has 0 bridgehead atoms. The summed E-state index contributed by atoms with van der Waals surface area (Å²) in [5, 5.41) is 2.85. The summed E-state index contributed by atoms with van der Waals surface area (Å²) in [4.78, 5) is 12.0. The van der Waals surface area contributed by atoms with Crippen molar-refractivity contribution >= 4 is 27.5 Å². The van der Waals surface area contributed by atoms with E-state index in [0.717, 1.165) is 10.2 Å². The van der Waals surface area contributed by atoms with Crippen LogP contribution in [-0.4, -0.2) is 12.5 Å². The van der Waals surface area contributed by atoms with Crippen molar-refractivity contribution in [3.05, 3.63) is 58.1 Å². The lowest BCUT2D eigenvalue weighted by molar-refractivity contribution is -0.118. The zero-order valence-corrected chi connectivity index (χ0v) is 16.2. The zero-order valence-electron chi connectivity index (χ0n) is 14.6. The Hall–Kier alpha value is -1.81. The van der Waals surface area contributed by atoms with Crippen molar-refractivity contribution in [3.63, 3.8) is 0 Å². The fraction of sp³-hybridized carbons (Fsp3) is 0.350. The largest absolute Gasteiger partial charge is 0.483 e. The number of anilines is 1. The highest BCUT2D eigenvalue weighted by Crippen LogP contribution is 2.28. The van der Waals surface area contributed by atoms with Crippen LogP contribution in [0.15, 0.2) is 46.9 Å². The highest BCUT2D eigenvalue weighted by atomic mass is 79.9. The monoisotopic (exact) mass is 389 g/mol. The minimum absolute atomic E-state index is 0.0223. The van der Waals surface area contributed by atoms with Gasteiger partial charge < -0.3 is 10.1 Å². The SMILES string of the molecule is CC(C)c1ccc(NC(=O)COc2ccc(C(C)C)cc2Br)cc1. The molecule has 0 radical (unpaired) electrons. The van der Waals surface area contributed by atoms with Gasteiger partial charge in [-0.15, -0.1) is 0 Å². The minimum Gasteiger partial charge on any atom is -0.483 e. The maximum Gasteiger partial charge on any atom is 0.262 e. The Balaban J connectivity index is 1.91. The van der Waals surface area contributed by atoms with Crippen LogP contribution in [0.4, 0.5) is 5.69 Å². The Morgan fingerprint density at radius 3 is 2.12 bits per heavy atom. The lowest BCUT2D eigenvalue weighted by atomic mass is 10.0. The van der Waals surface area contributed by atoms with Gasteiger partial charge in [-0.3, -0.25) is 4.79 Å². The van der Waals surface area contributed by atoms with Gasteiger partial charge in [-0.05, 0) is 63.2 Å². The minimum atomic E-state index is -0.174. The highest BCUT2D eigenvalue weighted by molar-refractivity contribution is 9.10. The molecule has 0 aliphatic heterocycles. The summed E-state index contributed by atoms with van der Waals surface area (Å²) in [6.45, 7) is 8.54. The van der Waals surface area contributed by atoms with Crippen molar-refractivity contribution in [2.45, 2.75) is 39.5 Å². The summed E-state index contributed by atoms with van der Waals surface area (Å²) >= 11 is 3.50. The summed E-state index contributed by atoms with van der Waals surface area (Å²) in [5.41, 5.74) is 3.25. The maximum absolute atomic E-state index is 12.0. The molecule has 2 aromatic rings. The van der Waals surface area contributed by atoms with Crippen LogP contribution >= 0.6 is 15.9 Å². The molecule has 0 heterocycles. The number of halogens is 1. The number of amides is 1. The lowest BCUT2D eigenvalue weighted by Gasteiger charge is -2.12. The van der Waals surface area contributed by atoms with Gasteiger partial charge in [0, 0.05) is 5.69 Å². The van der Waals surface area contributed by atoms with Gasteiger partial charge in [0.05, 0.1) is 4.47 Å². The smallest absolute Gasteiger partial charge is 0.262 e. The Kier molecular flexibility index (Phi) is 6.44. The van der Waals surface area contributed by atoms with Crippen LogP contribution in [0, 0.1) is 0 Å². The first kappa shape index (κ1) is 18.5. The molecule has 0 aliphatic rings. The van der Waals surface area contributed by atoms with Crippen LogP contribution in [-0.2, 0) is 4.79 Å². The number of carbonyl (C=O) groups excluding carboxylic acids is 1. The van der Waals surface area contributed by atoms with E-state index >= 15 is 0 Å². The van der Waals surface area contributed by atoms with Gasteiger partial charge in [-0.2, -0.15) is 0 Å². The van der Waals surface area contributed by atoms with E-state index in [9.17, 15) is 4.79 Å². The Morgan fingerprint density at radius 1 is 1.00 bits per heavy atom. The molecule has 0 spiro atoms. The first-order chi connectivity index (χ1) is 11.4. The van der Waals surface area contributed by atoms with Crippen LogP contribution in [0.25, 0.3) is 0 Å². The van der Waals surface area contributed by atoms with Gasteiger partial charge in [-0.25, -0.2) is 0 Å². The van der Waals surface area contributed by atoms with E-state index in [4.69, 9.17) is 4.74 Å². The van der Waals surface area contributed by atoms with E-state index in [2.05, 4.69) is 48.9 Å². The molecule has 0 saturated carbocycles. The molecule has 2 aromatic carbocycles.